The van der Waals surface area contributed by atoms with Crippen LogP contribution in [0.5, 0.6) is 0 Å². The van der Waals surface area contributed by atoms with Gasteiger partial charge in [-0.2, -0.15) is 0 Å². The van der Waals surface area contributed by atoms with Crippen LogP contribution in [0.1, 0.15) is 16.7 Å². The van der Waals surface area contributed by atoms with Gasteiger partial charge in [0.25, 0.3) is 5.43 Å². The van der Waals surface area contributed by atoms with Gasteiger partial charge >= 0.3 is 0 Å². The van der Waals surface area contributed by atoms with E-state index in [0.29, 0.717) is 11.3 Å². The summed E-state index contributed by atoms with van der Waals surface area (Å²) in [5, 5.41) is 0. The van der Waals surface area contributed by atoms with Crippen molar-refractivity contribution in [2.75, 3.05) is 11.4 Å². The van der Waals surface area contributed by atoms with Crippen molar-refractivity contribution in [1.29, 1.82) is 0 Å². The van der Waals surface area contributed by atoms with Crippen molar-refractivity contribution >= 4 is 11.4 Å². The van der Waals surface area contributed by atoms with Gasteiger partial charge in [0.1, 0.15) is 5.69 Å². The van der Waals surface area contributed by atoms with Gasteiger partial charge in [-0.05, 0) is 48.6 Å². The largest absolute Gasteiger partial charge is 0.337 e. The van der Waals surface area contributed by atoms with Crippen LogP contribution in [0.4, 0.5) is 11.4 Å². The number of anilines is 2. The molecule has 0 atom stereocenters. The fourth-order valence-corrected chi connectivity index (χ4v) is 3.37. The Morgan fingerprint density at radius 2 is 1.70 bits per heavy atom. The molecule has 1 heterocycles. The van der Waals surface area contributed by atoms with Gasteiger partial charge in [-0.1, -0.05) is 36.4 Å². The van der Waals surface area contributed by atoms with Crippen LogP contribution in [0.3, 0.4) is 0 Å². The molecule has 0 aliphatic carbocycles. The third kappa shape index (κ3) is 1.96. The van der Waals surface area contributed by atoms with E-state index in [-0.39, 0.29) is 10.9 Å². The van der Waals surface area contributed by atoms with Crippen LogP contribution >= 0.6 is 0 Å². The molecule has 3 aromatic carbocycles. The van der Waals surface area contributed by atoms with Crippen LogP contribution in [0.15, 0.2) is 52.1 Å². The molecule has 0 unspecified atom stereocenters. The Kier molecular flexibility index (Phi) is 2.98. The molecule has 0 radical (unpaired) electrons. The zero-order valence-corrected chi connectivity index (χ0v) is 13.2. The highest BCUT2D eigenvalue weighted by Crippen LogP contribution is 2.37. The number of rotatable bonds is 2. The fraction of sp³-hybridized carbons (Fsp3) is 0.200. The lowest BCUT2D eigenvalue weighted by Crippen LogP contribution is -2.39. The predicted octanol–water partition coefficient (Wildman–Crippen LogP) is 3.26. The van der Waals surface area contributed by atoms with Gasteiger partial charge in [0.05, 0.1) is 5.56 Å². The first-order valence-electron chi connectivity index (χ1n) is 7.84. The molecule has 0 aromatic heterocycles. The first kappa shape index (κ1) is 13.9. The Morgan fingerprint density at radius 3 is 2.48 bits per heavy atom. The van der Waals surface area contributed by atoms with Crippen LogP contribution in [-0.4, -0.2) is 6.54 Å². The SMILES string of the molecule is Cc1ccc(-c2c(N3CCc4ccccc43)c(=O)c2=O)cc1C. The van der Waals surface area contributed by atoms with Crippen molar-refractivity contribution in [3.63, 3.8) is 0 Å². The van der Waals surface area contributed by atoms with Crippen LogP contribution in [0.25, 0.3) is 11.1 Å². The van der Waals surface area contributed by atoms with Crippen LogP contribution in [-0.2, 0) is 6.42 Å². The van der Waals surface area contributed by atoms with Crippen LogP contribution < -0.4 is 15.8 Å². The maximum Gasteiger partial charge on any atom is 0.250 e. The van der Waals surface area contributed by atoms with Crippen molar-refractivity contribution in [2.45, 2.75) is 20.3 Å². The molecule has 3 nitrogen and oxygen atoms in total. The first-order valence-corrected chi connectivity index (χ1v) is 7.84. The Bertz CT molecular complexity index is 993. The maximum atomic E-state index is 12.2. The number of para-hydroxylation sites is 1. The zero-order chi connectivity index (χ0) is 16.1. The summed E-state index contributed by atoms with van der Waals surface area (Å²) in [5.41, 5.74) is 5.82. The standard InChI is InChI=1S/C20H17NO2/c1-12-7-8-15(11-13(12)2)17-18(20(23)19(17)22)21-10-9-14-5-3-4-6-16(14)21/h3-8,11H,9-10H2,1-2H3. The third-order valence-electron chi connectivity index (χ3n) is 4.84. The molecule has 0 fully saturated rings. The van der Waals surface area contributed by atoms with E-state index < -0.39 is 0 Å². The second-order valence-electron chi connectivity index (χ2n) is 6.21. The lowest BCUT2D eigenvalue weighted by molar-refractivity contribution is 0.986. The van der Waals surface area contributed by atoms with Gasteiger partial charge in [-0.25, -0.2) is 0 Å². The molecule has 3 heteroatoms. The van der Waals surface area contributed by atoms with Crippen LogP contribution in [0, 0.1) is 13.8 Å². The number of benzene rings is 2. The second-order valence-corrected chi connectivity index (χ2v) is 6.21. The summed E-state index contributed by atoms with van der Waals surface area (Å²) in [7, 11) is 0. The summed E-state index contributed by atoms with van der Waals surface area (Å²) < 4.78 is 0. The highest BCUT2D eigenvalue weighted by Gasteiger charge is 2.31. The normalized spacial score (nSPS) is 13.6. The molecule has 3 aromatic rings. The number of hydrogen-bond donors (Lipinski definition) is 0. The van der Waals surface area contributed by atoms with Crippen molar-refractivity contribution in [2.24, 2.45) is 0 Å². The molecule has 0 saturated carbocycles. The van der Waals surface area contributed by atoms with E-state index in [1.807, 2.05) is 55.1 Å². The van der Waals surface area contributed by atoms with Gasteiger partial charge < -0.3 is 4.90 Å². The zero-order valence-electron chi connectivity index (χ0n) is 13.2. The quantitative estimate of drug-likeness (QED) is 0.682. The van der Waals surface area contributed by atoms with E-state index in [0.717, 1.165) is 29.8 Å². The van der Waals surface area contributed by atoms with Gasteiger partial charge in [0.2, 0.25) is 5.43 Å². The monoisotopic (exact) mass is 303 g/mol. The average molecular weight is 303 g/mol. The summed E-state index contributed by atoms with van der Waals surface area (Å²) in [5.74, 6) is 0. The molecule has 114 valence electrons. The minimum Gasteiger partial charge on any atom is -0.337 e. The van der Waals surface area contributed by atoms with Crippen molar-refractivity contribution in [3.8, 4) is 11.1 Å². The molecule has 23 heavy (non-hydrogen) atoms. The highest BCUT2D eigenvalue weighted by molar-refractivity contribution is 5.87. The first-order chi connectivity index (χ1) is 11.1. The number of hydrogen-bond acceptors (Lipinski definition) is 3. The molecule has 1 aliphatic rings. The third-order valence-corrected chi connectivity index (χ3v) is 4.84. The Morgan fingerprint density at radius 1 is 0.913 bits per heavy atom. The molecule has 1 aliphatic heterocycles. The number of aryl methyl sites for hydroxylation is 2. The van der Waals surface area contributed by atoms with Crippen molar-refractivity contribution in [1.82, 2.24) is 0 Å². The minimum absolute atomic E-state index is 0.366. The lowest BCUT2D eigenvalue weighted by Gasteiger charge is -2.23. The molecule has 0 bridgehead atoms. The summed E-state index contributed by atoms with van der Waals surface area (Å²) in [4.78, 5) is 26.5. The fourth-order valence-electron chi connectivity index (χ4n) is 3.37. The van der Waals surface area contributed by atoms with Gasteiger partial charge in [-0.15, -0.1) is 0 Å². The molecule has 0 N–H and O–H groups in total. The summed E-state index contributed by atoms with van der Waals surface area (Å²) in [6.45, 7) is 4.82. The topological polar surface area (TPSA) is 37.4 Å². The summed E-state index contributed by atoms with van der Waals surface area (Å²) >= 11 is 0. The van der Waals surface area contributed by atoms with E-state index in [1.165, 1.54) is 11.1 Å². The van der Waals surface area contributed by atoms with E-state index in [9.17, 15) is 9.59 Å². The predicted molar refractivity (Wildman–Crippen MR) is 93.4 cm³/mol. The van der Waals surface area contributed by atoms with E-state index >= 15 is 0 Å². The minimum atomic E-state index is -0.368. The Hall–Kier alpha value is -2.68. The van der Waals surface area contributed by atoms with Crippen molar-refractivity contribution < 1.29 is 0 Å². The summed E-state index contributed by atoms with van der Waals surface area (Å²) in [6.07, 6.45) is 0.904. The Labute approximate surface area is 134 Å². The second kappa shape index (κ2) is 4.92. The molecule has 4 rings (SSSR count). The van der Waals surface area contributed by atoms with Crippen LogP contribution in [0.2, 0.25) is 0 Å². The van der Waals surface area contributed by atoms with Crippen molar-refractivity contribution in [3.05, 3.63) is 79.6 Å². The van der Waals surface area contributed by atoms with E-state index in [4.69, 9.17) is 0 Å². The molecular formula is C20H17NO2. The molecule has 0 saturated heterocycles. The highest BCUT2D eigenvalue weighted by atomic mass is 16.2. The molecule has 0 amide bonds. The van der Waals surface area contributed by atoms with Gasteiger partial charge in [0, 0.05) is 12.2 Å². The van der Waals surface area contributed by atoms with Gasteiger partial charge in [-0.3, -0.25) is 9.59 Å². The smallest absolute Gasteiger partial charge is 0.250 e. The molecule has 0 spiro atoms. The summed E-state index contributed by atoms with van der Waals surface area (Å²) in [6, 6.07) is 14.0. The lowest BCUT2D eigenvalue weighted by atomic mass is 9.95. The van der Waals surface area contributed by atoms with E-state index in [2.05, 4.69) is 6.07 Å². The Balaban J connectivity index is 1.87. The van der Waals surface area contributed by atoms with E-state index in [1.54, 1.807) is 0 Å². The average Bonchev–Trinajstić information content (AvgIpc) is 2.98. The maximum absolute atomic E-state index is 12.2. The molecular weight excluding hydrogens is 286 g/mol. The van der Waals surface area contributed by atoms with Gasteiger partial charge in [0.15, 0.2) is 0 Å². The number of fused-ring (bicyclic) bond motifs is 1. The number of nitrogens with zero attached hydrogens (tertiary/aromatic N) is 1.